The first-order chi connectivity index (χ1) is 11.5. The summed E-state index contributed by atoms with van der Waals surface area (Å²) in [7, 11) is 0. The van der Waals surface area contributed by atoms with Gasteiger partial charge in [-0.25, -0.2) is 9.78 Å². The number of aryl methyl sites for hydroxylation is 1. The third kappa shape index (κ3) is 4.10. The molecule has 1 atom stereocenters. The molecule has 1 aromatic heterocycles. The molecule has 1 aromatic carbocycles. The van der Waals surface area contributed by atoms with Gasteiger partial charge in [0.05, 0.1) is 16.6 Å². The van der Waals surface area contributed by atoms with E-state index < -0.39 is 0 Å². The standard InChI is InChI=1S/C17H17Cl2N3O2/c1-11-2-5-16(20-9-11)24-13-6-7-22(10-13)17(23)21-12-3-4-14(18)15(19)8-12/h2-5,8-9,13H,6-7,10H2,1H3,(H,21,23). The van der Waals surface area contributed by atoms with Crippen molar-refractivity contribution in [3.63, 3.8) is 0 Å². The fourth-order valence-corrected chi connectivity index (χ4v) is 2.78. The van der Waals surface area contributed by atoms with Crippen molar-refractivity contribution in [3.8, 4) is 5.88 Å². The van der Waals surface area contributed by atoms with E-state index in [-0.39, 0.29) is 12.1 Å². The van der Waals surface area contributed by atoms with Gasteiger partial charge in [-0.1, -0.05) is 29.3 Å². The lowest BCUT2D eigenvalue weighted by molar-refractivity contribution is 0.190. The van der Waals surface area contributed by atoms with Gasteiger partial charge in [-0.3, -0.25) is 0 Å². The van der Waals surface area contributed by atoms with Gasteiger partial charge >= 0.3 is 6.03 Å². The Morgan fingerprint density at radius 2 is 2.12 bits per heavy atom. The molecule has 2 amide bonds. The fourth-order valence-electron chi connectivity index (χ4n) is 2.48. The van der Waals surface area contributed by atoms with Crippen molar-refractivity contribution >= 4 is 34.9 Å². The summed E-state index contributed by atoms with van der Waals surface area (Å²) in [5.74, 6) is 0.581. The van der Waals surface area contributed by atoms with E-state index in [0.717, 1.165) is 12.0 Å². The van der Waals surface area contributed by atoms with Crippen LogP contribution in [0.2, 0.25) is 10.0 Å². The van der Waals surface area contributed by atoms with Crippen LogP contribution in [0.5, 0.6) is 5.88 Å². The summed E-state index contributed by atoms with van der Waals surface area (Å²) in [5, 5.41) is 3.68. The zero-order valence-electron chi connectivity index (χ0n) is 13.1. The molecule has 5 nitrogen and oxygen atoms in total. The van der Waals surface area contributed by atoms with Gasteiger partial charge in [0.2, 0.25) is 5.88 Å². The monoisotopic (exact) mass is 365 g/mol. The molecule has 1 saturated heterocycles. The highest BCUT2D eigenvalue weighted by Crippen LogP contribution is 2.25. The molecular formula is C17H17Cl2N3O2. The number of benzene rings is 1. The number of halogens is 2. The van der Waals surface area contributed by atoms with Gasteiger partial charge in [0.15, 0.2) is 0 Å². The number of anilines is 1. The maximum absolute atomic E-state index is 12.3. The highest BCUT2D eigenvalue weighted by Gasteiger charge is 2.28. The van der Waals surface area contributed by atoms with E-state index >= 15 is 0 Å². The smallest absolute Gasteiger partial charge is 0.321 e. The van der Waals surface area contributed by atoms with Gasteiger partial charge in [-0.05, 0) is 30.7 Å². The number of amides is 2. The van der Waals surface area contributed by atoms with Crippen LogP contribution in [0.4, 0.5) is 10.5 Å². The number of nitrogens with zero attached hydrogens (tertiary/aromatic N) is 2. The first-order valence-corrected chi connectivity index (χ1v) is 8.37. The maximum atomic E-state index is 12.3. The van der Waals surface area contributed by atoms with Crippen LogP contribution < -0.4 is 10.1 Å². The van der Waals surface area contributed by atoms with Crippen LogP contribution in [-0.4, -0.2) is 35.1 Å². The maximum Gasteiger partial charge on any atom is 0.321 e. The highest BCUT2D eigenvalue weighted by molar-refractivity contribution is 6.42. The quantitative estimate of drug-likeness (QED) is 0.877. The third-order valence-corrected chi connectivity index (χ3v) is 4.51. The van der Waals surface area contributed by atoms with Crippen LogP contribution in [0.1, 0.15) is 12.0 Å². The molecule has 126 valence electrons. The molecule has 1 aliphatic heterocycles. The topological polar surface area (TPSA) is 54.5 Å². The van der Waals surface area contributed by atoms with Gasteiger partial charge in [0.25, 0.3) is 0 Å². The number of pyridine rings is 1. The van der Waals surface area contributed by atoms with Crippen LogP contribution in [0.3, 0.4) is 0 Å². The summed E-state index contributed by atoms with van der Waals surface area (Å²) < 4.78 is 5.82. The van der Waals surface area contributed by atoms with Crippen molar-refractivity contribution in [2.45, 2.75) is 19.4 Å². The Hall–Kier alpha value is -1.98. The number of likely N-dealkylation sites (tertiary alicyclic amines) is 1. The second kappa shape index (κ2) is 7.28. The van der Waals surface area contributed by atoms with E-state index in [9.17, 15) is 4.79 Å². The molecule has 7 heteroatoms. The molecule has 0 bridgehead atoms. The van der Waals surface area contributed by atoms with E-state index in [4.69, 9.17) is 27.9 Å². The van der Waals surface area contributed by atoms with Crippen molar-refractivity contribution in [1.29, 1.82) is 0 Å². The third-order valence-electron chi connectivity index (χ3n) is 3.77. The summed E-state index contributed by atoms with van der Waals surface area (Å²) in [6, 6.07) is 8.60. The molecule has 0 spiro atoms. The summed E-state index contributed by atoms with van der Waals surface area (Å²) in [6.07, 6.45) is 2.48. The summed E-state index contributed by atoms with van der Waals surface area (Å²) in [5.41, 5.74) is 1.69. The normalized spacial score (nSPS) is 17.0. The van der Waals surface area contributed by atoms with Crippen molar-refractivity contribution in [3.05, 3.63) is 52.1 Å². The average molecular weight is 366 g/mol. The van der Waals surface area contributed by atoms with Crippen molar-refractivity contribution in [1.82, 2.24) is 9.88 Å². The zero-order valence-corrected chi connectivity index (χ0v) is 14.6. The Balaban J connectivity index is 1.55. The average Bonchev–Trinajstić information content (AvgIpc) is 3.02. The number of carbonyl (C=O) groups is 1. The Kier molecular flexibility index (Phi) is 5.11. The number of aromatic nitrogens is 1. The first kappa shape index (κ1) is 16.9. The minimum Gasteiger partial charge on any atom is -0.472 e. The fraction of sp³-hybridized carbons (Fsp3) is 0.294. The lowest BCUT2D eigenvalue weighted by Gasteiger charge is -2.18. The van der Waals surface area contributed by atoms with Crippen LogP contribution in [0.15, 0.2) is 36.5 Å². The van der Waals surface area contributed by atoms with Gasteiger partial charge in [0.1, 0.15) is 6.10 Å². The molecule has 2 heterocycles. The summed E-state index contributed by atoms with van der Waals surface area (Å²) in [4.78, 5) is 18.3. The van der Waals surface area contributed by atoms with Crippen molar-refractivity contribution < 1.29 is 9.53 Å². The summed E-state index contributed by atoms with van der Waals surface area (Å²) >= 11 is 11.8. The van der Waals surface area contributed by atoms with Crippen molar-refractivity contribution in [2.75, 3.05) is 18.4 Å². The molecule has 1 N–H and O–H groups in total. The number of hydrogen-bond donors (Lipinski definition) is 1. The van der Waals surface area contributed by atoms with Crippen molar-refractivity contribution in [2.24, 2.45) is 0 Å². The van der Waals surface area contributed by atoms with Crippen LogP contribution in [0.25, 0.3) is 0 Å². The first-order valence-electron chi connectivity index (χ1n) is 7.61. The van der Waals surface area contributed by atoms with Crippen LogP contribution in [-0.2, 0) is 0 Å². The molecule has 1 unspecified atom stereocenters. The Morgan fingerprint density at radius 1 is 1.29 bits per heavy atom. The van der Waals surface area contributed by atoms with Crippen LogP contribution in [0, 0.1) is 6.92 Å². The number of urea groups is 1. The highest BCUT2D eigenvalue weighted by atomic mass is 35.5. The molecule has 2 aromatic rings. The largest absolute Gasteiger partial charge is 0.472 e. The Labute approximate surface area is 150 Å². The van der Waals surface area contributed by atoms with E-state index in [0.29, 0.717) is 34.7 Å². The molecule has 24 heavy (non-hydrogen) atoms. The summed E-state index contributed by atoms with van der Waals surface area (Å²) in [6.45, 7) is 3.12. The van der Waals surface area contributed by atoms with E-state index in [1.54, 1.807) is 29.3 Å². The number of nitrogens with one attached hydrogen (secondary N) is 1. The number of ether oxygens (including phenoxy) is 1. The van der Waals surface area contributed by atoms with E-state index in [2.05, 4.69) is 10.3 Å². The number of carbonyl (C=O) groups excluding carboxylic acids is 1. The minimum atomic E-state index is -0.184. The van der Waals surface area contributed by atoms with Gasteiger partial charge in [-0.15, -0.1) is 0 Å². The van der Waals surface area contributed by atoms with Gasteiger partial charge < -0.3 is 15.0 Å². The molecule has 0 radical (unpaired) electrons. The molecule has 0 saturated carbocycles. The van der Waals surface area contributed by atoms with Crippen LogP contribution >= 0.6 is 23.2 Å². The lowest BCUT2D eigenvalue weighted by atomic mass is 10.3. The molecule has 1 aliphatic rings. The zero-order chi connectivity index (χ0) is 17.1. The molecule has 1 fully saturated rings. The Morgan fingerprint density at radius 3 is 2.83 bits per heavy atom. The minimum absolute atomic E-state index is 0.0558. The predicted molar refractivity (Wildman–Crippen MR) is 95.1 cm³/mol. The van der Waals surface area contributed by atoms with Gasteiger partial charge in [0, 0.05) is 30.9 Å². The second-order valence-corrected chi connectivity index (χ2v) is 6.52. The molecular weight excluding hydrogens is 349 g/mol. The number of rotatable bonds is 3. The Bertz CT molecular complexity index is 737. The van der Waals surface area contributed by atoms with E-state index in [1.807, 2.05) is 19.1 Å². The lowest BCUT2D eigenvalue weighted by Crippen LogP contribution is -2.34. The SMILES string of the molecule is Cc1ccc(OC2CCN(C(=O)Nc3ccc(Cl)c(Cl)c3)C2)nc1. The predicted octanol–water partition coefficient (Wildman–Crippen LogP) is 4.38. The molecule has 3 rings (SSSR count). The van der Waals surface area contributed by atoms with Gasteiger partial charge in [-0.2, -0.15) is 0 Å². The second-order valence-electron chi connectivity index (χ2n) is 5.71. The number of hydrogen-bond acceptors (Lipinski definition) is 3. The molecule has 0 aliphatic carbocycles. The van der Waals surface area contributed by atoms with E-state index in [1.165, 1.54) is 0 Å².